The number of carbonyl (C=O) groups is 1. The average Bonchev–Trinajstić information content (AvgIpc) is 3.32. The van der Waals surface area contributed by atoms with Crippen molar-refractivity contribution in [2.24, 2.45) is 0 Å². The van der Waals surface area contributed by atoms with E-state index in [4.69, 9.17) is 4.52 Å². The topological polar surface area (TPSA) is 85.8 Å². The highest BCUT2D eigenvalue weighted by Crippen LogP contribution is 2.40. The zero-order chi connectivity index (χ0) is 17.1. The molecular weight excluding hydrogens is 318 g/mol. The van der Waals surface area contributed by atoms with Crippen molar-refractivity contribution in [2.45, 2.75) is 38.0 Å². The predicted molar refractivity (Wildman–Crippen MR) is 91.5 cm³/mol. The van der Waals surface area contributed by atoms with Crippen molar-refractivity contribution in [3.8, 4) is 11.3 Å². The standard InChI is InChI=1S/C18H19N5O2/c24-18(20-23-12-11-19-22-23)16-15(13-7-3-1-4-8-13)17(25-21-16)14-9-5-2-6-10-14/h2,5-6,9-13H,1,3-4,7-8H2,(H,20,24). The van der Waals surface area contributed by atoms with E-state index < -0.39 is 0 Å². The second-order valence-electron chi connectivity index (χ2n) is 6.26. The summed E-state index contributed by atoms with van der Waals surface area (Å²) < 4.78 is 5.62. The normalized spacial score (nSPS) is 15.2. The molecule has 1 fully saturated rings. The summed E-state index contributed by atoms with van der Waals surface area (Å²) in [5.74, 6) is 0.639. The molecule has 7 heteroatoms. The minimum atomic E-state index is -0.336. The summed E-state index contributed by atoms with van der Waals surface area (Å²) in [6.45, 7) is 0. The molecule has 3 aromatic rings. The molecule has 4 rings (SSSR count). The molecule has 2 heterocycles. The van der Waals surface area contributed by atoms with Crippen LogP contribution in [0.15, 0.2) is 47.2 Å². The van der Waals surface area contributed by atoms with E-state index in [1.807, 2.05) is 30.3 Å². The number of nitrogens with zero attached hydrogens (tertiary/aromatic N) is 4. The molecule has 1 saturated carbocycles. The molecule has 2 aromatic heterocycles. The van der Waals surface area contributed by atoms with Gasteiger partial charge in [0.2, 0.25) is 0 Å². The molecule has 25 heavy (non-hydrogen) atoms. The molecule has 1 amide bonds. The Hall–Kier alpha value is -2.96. The molecule has 0 atom stereocenters. The van der Waals surface area contributed by atoms with Gasteiger partial charge < -0.3 is 4.52 Å². The highest BCUT2D eigenvalue weighted by molar-refractivity contribution is 6.00. The van der Waals surface area contributed by atoms with Gasteiger partial charge in [0.15, 0.2) is 11.5 Å². The maximum atomic E-state index is 12.7. The molecule has 1 aromatic carbocycles. The maximum absolute atomic E-state index is 12.7. The molecule has 7 nitrogen and oxygen atoms in total. The summed E-state index contributed by atoms with van der Waals surface area (Å²) in [6.07, 6.45) is 8.72. The van der Waals surface area contributed by atoms with Crippen LogP contribution in [-0.4, -0.2) is 26.2 Å². The second kappa shape index (κ2) is 6.88. The van der Waals surface area contributed by atoms with Gasteiger partial charge in [0, 0.05) is 11.1 Å². The van der Waals surface area contributed by atoms with E-state index in [1.54, 1.807) is 6.20 Å². The van der Waals surface area contributed by atoms with Gasteiger partial charge in [-0.1, -0.05) is 54.8 Å². The quantitative estimate of drug-likeness (QED) is 0.789. The zero-order valence-electron chi connectivity index (χ0n) is 13.8. The Kier molecular flexibility index (Phi) is 4.28. The fourth-order valence-electron chi connectivity index (χ4n) is 3.45. The van der Waals surface area contributed by atoms with Crippen molar-refractivity contribution in [3.05, 3.63) is 54.0 Å². The molecule has 1 aliphatic rings. The van der Waals surface area contributed by atoms with Crippen LogP contribution in [0.2, 0.25) is 0 Å². The van der Waals surface area contributed by atoms with Crippen molar-refractivity contribution in [1.29, 1.82) is 0 Å². The largest absolute Gasteiger partial charge is 0.355 e. The molecule has 0 unspecified atom stereocenters. The van der Waals surface area contributed by atoms with Crippen molar-refractivity contribution in [1.82, 2.24) is 20.3 Å². The SMILES string of the molecule is O=C(Nn1ccnn1)c1noc(-c2ccccc2)c1C1CCCCC1. The van der Waals surface area contributed by atoms with Gasteiger partial charge in [-0.3, -0.25) is 4.79 Å². The Labute approximate surface area is 145 Å². The van der Waals surface area contributed by atoms with Gasteiger partial charge in [-0.15, -0.1) is 5.10 Å². The van der Waals surface area contributed by atoms with Crippen LogP contribution in [0.4, 0.5) is 0 Å². The number of hydrogen-bond donors (Lipinski definition) is 1. The predicted octanol–water partition coefficient (Wildman–Crippen LogP) is 3.36. The Bertz CT molecular complexity index is 836. The van der Waals surface area contributed by atoms with Crippen LogP contribution in [-0.2, 0) is 0 Å². The van der Waals surface area contributed by atoms with Gasteiger partial charge in [0.1, 0.15) is 0 Å². The fourth-order valence-corrected chi connectivity index (χ4v) is 3.45. The van der Waals surface area contributed by atoms with Crippen LogP contribution in [0.5, 0.6) is 0 Å². The summed E-state index contributed by atoms with van der Waals surface area (Å²) in [7, 11) is 0. The first-order valence-electron chi connectivity index (χ1n) is 8.55. The van der Waals surface area contributed by atoms with Gasteiger partial charge >= 0.3 is 0 Å². The van der Waals surface area contributed by atoms with E-state index in [9.17, 15) is 4.79 Å². The number of nitrogens with one attached hydrogen (secondary N) is 1. The monoisotopic (exact) mass is 337 g/mol. The second-order valence-corrected chi connectivity index (χ2v) is 6.26. The molecule has 1 N–H and O–H groups in total. The van der Waals surface area contributed by atoms with Crippen LogP contribution >= 0.6 is 0 Å². The first-order chi connectivity index (χ1) is 12.3. The lowest BCUT2D eigenvalue weighted by atomic mass is 9.82. The van der Waals surface area contributed by atoms with Crippen LogP contribution in [0.25, 0.3) is 11.3 Å². The van der Waals surface area contributed by atoms with Gasteiger partial charge in [0.25, 0.3) is 5.91 Å². The fraction of sp³-hybridized carbons (Fsp3) is 0.333. The molecule has 128 valence electrons. The van der Waals surface area contributed by atoms with Gasteiger partial charge in [-0.05, 0) is 24.0 Å². The number of rotatable bonds is 4. The summed E-state index contributed by atoms with van der Waals surface area (Å²) >= 11 is 0. The summed E-state index contributed by atoms with van der Waals surface area (Å²) in [6, 6.07) is 9.83. The number of amides is 1. The molecule has 0 aliphatic heterocycles. The maximum Gasteiger partial charge on any atom is 0.293 e. The highest BCUT2D eigenvalue weighted by atomic mass is 16.5. The van der Waals surface area contributed by atoms with E-state index in [0.29, 0.717) is 11.5 Å². The molecule has 0 bridgehead atoms. The molecular formula is C18H19N5O2. The lowest BCUT2D eigenvalue weighted by Gasteiger charge is -2.22. The van der Waals surface area contributed by atoms with Gasteiger partial charge in [-0.25, -0.2) is 5.43 Å². The third kappa shape index (κ3) is 3.17. The van der Waals surface area contributed by atoms with Crippen molar-refractivity contribution in [2.75, 3.05) is 5.43 Å². The summed E-state index contributed by atoms with van der Waals surface area (Å²) in [4.78, 5) is 14.0. The van der Waals surface area contributed by atoms with E-state index in [1.165, 1.54) is 17.4 Å². The van der Waals surface area contributed by atoms with E-state index in [2.05, 4.69) is 20.9 Å². The minimum absolute atomic E-state index is 0.284. The van der Waals surface area contributed by atoms with E-state index >= 15 is 0 Å². The molecule has 0 saturated heterocycles. The smallest absolute Gasteiger partial charge is 0.293 e. The molecule has 1 aliphatic carbocycles. The molecule has 0 radical (unpaired) electrons. The first kappa shape index (κ1) is 15.6. The Balaban J connectivity index is 1.73. The summed E-state index contributed by atoms with van der Waals surface area (Å²) in [5, 5.41) is 11.6. The lowest BCUT2D eigenvalue weighted by molar-refractivity contribution is 0.0994. The van der Waals surface area contributed by atoms with Gasteiger partial charge in [-0.2, -0.15) is 4.79 Å². The molecule has 0 spiro atoms. The average molecular weight is 337 g/mol. The highest BCUT2D eigenvalue weighted by Gasteiger charge is 2.30. The Morgan fingerprint density at radius 2 is 1.96 bits per heavy atom. The van der Waals surface area contributed by atoms with E-state index in [0.717, 1.165) is 36.8 Å². The first-order valence-corrected chi connectivity index (χ1v) is 8.55. The van der Waals surface area contributed by atoms with Crippen LogP contribution < -0.4 is 5.43 Å². The number of hydrogen-bond acceptors (Lipinski definition) is 5. The van der Waals surface area contributed by atoms with Crippen molar-refractivity contribution in [3.63, 3.8) is 0 Å². The minimum Gasteiger partial charge on any atom is -0.355 e. The third-order valence-corrected chi connectivity index (χ3v) is 4.63. The Morgan fingerprint density at radius 1 is 1.16 bits per heavy atom. The summed E-state index contributed by atoms with van der Waals surface area (Å²) in [5.41, 5.74) is 4.84. The van der Waals surface area contributed by atoms with Gasteiger partial charge in [0.05, 0.1) is 12.4 Å². The number of aromatic nitrogens is 4. The number of benzene rings is 1. The zero-order valence-corrected chi connectivity index (χ0v) is 13.8. The van der Waals surface area contributed by atoms with Crippen molar-refractivity contribution >= 4 is 5.91 Å². The van der Waals surface area contributed by atoms with Crippen LogP contribution in [0.1, 0.15) is 54.1 Å². The number of carbonyl (C=O) groups excluding carboxylic acids is 1. The van der Waals surface area contributed by atoms with E-state index in [-0.39, 0.29) is 11.8 Å². The lowest BCUT2D eigenvalue weighted by Crippen LogP contribution is -2.25. The third-order valence-electron chi connectivity index (χ3n) is 4.63. The Morgan fingerprint density at radius 3 is 2.68 bits per heavy atom. The van der Waals surface area contributed by atoms with Crippen LogP contribution in [0, 0.1) is 0 Å². The van der Waals surface area contributed by atoms with Crippen LogP contribution in [0.3, 0.4) is 0 Å². The van der Waals surface area contributed by atoms with Crippen molar-refractivity contribution < 1.29 is 9.32 Å².